The van der Waals surface area contributed by atoms with Crippen LogP contribution in [0.4, 0.5) is 0 Å². The Balaban J connectivity index is 3.07. The lowest BCUT2D eigenvalue weighted by atomic mass is 10.4. The molecule has 0 N–H and O–H groups in total. The van der Waals surface area contributed by atoms with Crippen LogP contribution < -0.4 is 4.74 Å². The second kappa shape index (κ2) is 4.55. The number of hydrogen-bond donors (Lipinski definition) is 0. The van der Waals surface area contributed by atoms with Gasteiger partial charge in [-0.3, -0.25) is 0 Å². The molecule has 1 heterocycles. The molecule has 0 radical (unpaired) electrons. The van der Waals surface area contributed by atoms with Crippen molar-refractivity contribution in [2.45, 2.75) is 13.8 Å². The zero-order chi connectivity index (χ0) is 10.6. The second-order valence-corrected chi connectivity index (χ2v) is 2.59. The molecule has 5 heteroatoms. The number of methoxy groups -OCH3 is 1. The molecule has 0 aliphatic carbocycles. The fraction of sp³-hybridized carbons (Fsp3) is 0.444. The largest absolute Gasteiger partial charge is 0.476 e. The van der Waals surface area contributed by atoms with E-state index in [1.165, 1.54) is 13.3 Å². The van der Waals surface area contributed by atoms with Crippen LogP contribution in [0.15, 0.2) is 6.20 Å². The molecule has 0 amide bonds. The lowest BCUT2D eigenvalue weighted by Crippen LogP contribution is -2.10. The summed E-state index contributed by atoms with van der Waals surface area (Å²) in [5, 5.41) is 0. The summed E-state index contributed by atoms with van der Waals surface area (Å²) in [4.78, 5) is 19.2. The summed E-state index contributed by atoms with van der Waals surface area (Å²) in [6.07, 6.45) is 1.49. The van der Waals surface area contributed by atoms with Crippen molar-refractivity contribution in [2.75, 3.05) is 13.7 Å². The molecular weight excluding hydrogens is 184 g/mol. The topological polar surface area (TPSA) is 61.3 Å². The normalized spacial score (nSPS) is 9.64. The zero-order valence-corrected chi connectivity index (χ0v) is 8.40. The fourth-order valence-electron chi connectivity index (χ4n) is 0.929. The molecule has 0 aliphatic rings. The first-order valence-electron chi connectivity index (χ1n) is 4.23. The minimum Gasteiger partial charge on any atom is -0.476 e. The molecule has 0 aromatic carbocycles. The number of ether oxygens (including phenoxy) is 2. The van der Waals surface area contributed by atoms with Crippen LogP contribution in [-0.4, -0.2) is 29.7 Å². The van der Waals surface area contributed by atoms with Gasteiger partial charge in [-0.05, 0) is 13.8 Å². The lowest BCUT2D eigenvalue weighted by Gasteiger charge is -2.06. The fourth-order valence-corrected chi connectivity index (χ4v) is 0.929. The predicted molar refractivity (Wildman–Crippen MR) is 49.3 cm³/mol. The van der Waals surface area contributed by atoms with Gasteiger partial charge in [0.1, 0.15) is 0 Å². The van der Waals surface area contributed by atoms with Crippen LogP contribution in [0, 0.1) is 6.92 Å². The van der Waals surface area contributed by atoms with Crippen LogP contribution in [0.5, 0.6) is 5.88 Å². The van der Waals surface area contributed by atoms with E-state index in [0.29, 0.717) is 12.3 Å². The number of aromatic nitrogens is 2. The van der Waals surface area contributed by atoms with Crippen molar-refractivity contribution in [1.29, 1.82) is 0 Å². The van der Waals surface area contributed by atoms with Crippen molar-refractivity contribution in [3.05, 3.63) is 17.6 Å². The molecule has 1 aromatic heterocycles. The molecule has 14 heavy (non-hydrogen) atoms. The van der Waals surface area contributed by atoms with E-state index in [4.69, 9.17) is 4.74 Å². The summed E-state index contributed by atoms with van der Waals surface area (Å²) >= 11 is 0. The first-order chi connectivity index (χ1) is 6.69. The van der Waals surface area contributed by atoms with Crippen LogP contribution in [0.25, 0.3) is 0 Å². The highest BCUT2D eigenvalue weighted by atomic mass is 16.5. The molecule has 0 spiro atoms. The summed E-state index contributed by atoms with van der Waals surface area (Å²) in [5.41, 5.74) is 0.807. The van der Waals surface area contributed by atoms with Gasteiger partial charge in [0.25, 0.3) is 0 Å². The average Bonchev–Trinajstić information content (AvgIpc) is 2.17. The Bertz CT molecular complexity index is 339. The van der Waals surface area contributed by atoms with Gasteiger partial charge in [-0.15, -0.1) is 0 Å². The van der Waals surface area contributed by atoms with E-state index in [9.17, 15) is 4.79 Å². The SMILES string of the molecule is CCOc1nc(C)cnc1C(=O)OC. The summed E-state index contributed by atoms with van der Waals surface area (Å²) in [5.74, 6) is -0.319. The molecule has 5 nitrogen and oxygen atoms in total. The Morgan fingerprint density at radius 2 is 2.29 bits per heavy atom. The van der Waals surface area contributed by atoms with E-state index < -0.39 is 5.97 Å². The van der Waals surface area contributed by atoms with E-state index in [0.717, 1.165) is 0 Å². The maximum absolute atomic E-state index is 11.2. The number of esters is 1. The Morgan fingerprint density at radius 3 is 2.86 bits per heavy atom. The third kappa shape index (κ3) is 2.18. The predicted octanol–water partition coefficient (Wildman–Crippen LogP) is 0.970. The second-order valence-electron chi connectivity index (χ2n) is 2.59. The van der Waals surface area contributed by atoms with E-state index >= 15 is 0 Å². The number of hydrogen-bond acceptors (Lipinski definition) is 5. The van der Waals surface area contributed by atoms with E-state index in [-0.39, 0.29) is 11.6 Å². The Labute approximate surface area is 82.1 Å². The summed E-state index contributed by atoms with van der Waals surface area (Å²) in [6.45, 7) is 4.02. The van der Waals surface area contributed by atoms with Gasteiger partial charge in [-0.2, -0.15) is 0 Å². The third-order valence-electron chi connectivity index (χ3n) is 1.52. The van der Waals surface area contributed by atoms with Crippen LogP contribution in [0.1, 0.15) is 23.1 Å². The quantitative estimate of drug-likeness (QED) is 0.674. The first kappa shape index (κ1) is 10.4. The highest BCUT2D eigenvalue weighted by Crippen LogP contribution is 2.13. The standard InChI is InChI=1S/C9H12N2O3/c1-4-14-8-7(9(12)13-3)10-5-6(2)11-8/h5H,4H2,1-3H3. The van der Waals surface area contributed by atoms with Crippen LogP contribution in [-0.2, 0) is 4.74 Å². The summed E-state index contributed by atoms with van der Waals surface area (Å²) < 4.78 is 9.71. The Morgan fingerprint density at radius 1 is 1.57 bits per heavy atom. The lowest BCUT2D eigenvalue weighted by molar-refractivity contribution is 0.0588. The zero-order valence-electron chi connectivity index (χ0n) is 8.40. The van der Waals surface area contributed by atoms with Crippen molar-refractivity contribution in [1.82, 2.24) is 9.97 Å². The minimum atomic E-state index is -0.541. The summed E-state index contributed by atoms with van der Waals surface area (Å²) in [6, 6.07) is 0. The molecule has 0 bridgehead atoms. The number of carbonyl (C=O) groups excluding carboxylic acids is 1. The average molecular weight is 196 g/mol. The molecule has 1 rings (SSSR count). The van der Waals surface area contributed by atoms with Crippen molar-refractivity contribution in [3.63, 3.8) is 0 Å². The number of aryl methyl sites for hydroxylation is 1. The molecule has 0 saturated heterocycles. The maximum Gasteiger partial charge on any atom is 0.362 e. The molecule has 0 unspecified atom stereocenters. The van der Waals surface area contributed by atoms with Gasteiger partial charge in [0.15, 0.2) is 0 Å². The van der Waals surface area contributed by atoms with Gasteiger partial charge in [0.05, 0.1) is 19.4 Å². The Kier molecular flexibility index (Phi) is 3.39. The monoisotopic (exact) mass is 196 g/mol. The Hall–Kier alpha value is -1.65. The van der Waals surface area contributed by atoms with Gasteiger partial charge in [-0.1, -0.05) is 0 Å². The smallest absolute Gasteiger partial charge is 0.362 e. The molecule has 0 saturated carbocycles. The summed E-state index contributed by atoms with van der Waals surface area (Å²) in [7, 11) is 1.29. The van der Waals surface area contributed by atoms with Crippen LogP contribution in [0.3, 0.4) is 0 Å². The molecule has 0 atom stereocenters. The van der Waals surface area contributed by atoms with Crippen LogP contribution >= 0.6 is 0 Å². The van der Waals surface area contributed by atoms with Gasteiger partial charge in [0.2, 0.25) is 11.6 Å². The maximum atomic E-state index is 11.2. The van der Waals surface area contributed by atoms with Gasteiger partial charge >= 0.3 is 5.97 Å². The number of rotatable bonds is 3. The van der Waals surface area contributed by atoms with E-state index in [1.54, 1.807) is 6.92 Å². The van der Waals surface area contributed by atoms with Crippen molar-refractivity contribution >= 4 is 5.97 Å². The van der Waals surface area contributed by atoms with E-state index in [1.807, 2.05) is 6.92 Å². The molecule has 0 aliphatic heterocycles. The molecule has 0 fully saturated rings. The molecule has 76 valence electrons. The van der Waals surface area contributed by atoms with Gasteiger partial charge in [-0.25, -0.2) is 14.8 Å². The third-order valence-corrected chi connectivity index (χ3v) is 1.52. The van der Waals surface area contributed by atoms with Gasteiger partial charge in [0, 0.05) is 6.20 Å². The first-order valence-corrected chi connectivity index (χ1v) is 4.23. The minimum absolute atomic E-state index is 0.111. The highest BCUT2D eigenvalue weighted by Gasteiger charge is 2.16. The van der Waals surface area contributed by atoms with Gasteiger partial charge < -0.3 is 9.47 Å². The van der Waals surface area contributed by atoms with Crippen molar-refractivity contribution < 1.29 is 14.3 Å². The van der Waals surface area contributed by atoms with Crippen molar-refractivity contribution in [2.24, 2.45) is 0 Å². The number of carbonyl (C=O) groups is 1. The van der Waals surface area contributed by atoms with Crippen LogP contribution in [0.2, 0.25) is 0 Å². The van der Waals surface area contributed by atoms with Crippen molar-refractivity contribution in [3.8, 4) is 5.88 Å². The number of nitrogens with zero attached hydrogens (tertiary/aromatic N) is 2. The van der Waals surface area contributed by atoms with E-state index in [2.05, 4.69) is 14.7 Å². The highest BCUT2D eigenvalue weighted by molar-refractivity contribution is 5.89. The molecule has 1 aromatic rings. The molecular formula is C9H12N2O3.